The van der Waals surface area contributed by atoms with E-state index < -0.39 is 0 Å². The lowest BCUT2D eigenvalue weighted by Crippen LogP contribution is -1.96. The molecule has 15 heavy (non-hydrogen) atoms. The molecule has 78 valence electrons. The lowest BCUT2D eigenvalue weighted by atomic mass is 10.1. The molecule has 0 aliphatic rings. The van der Waals surface area contributed by atoms with Gasteiger partial charge in [-0.15, -0.1) is 0 Å². The highest BCUT2D eigenvalue weighted by molar-refractivity contribution is 6.36. The fraction of sp³-hybridized carbons (Fsp3) is 0.100. The van der Waals surface area contributed by atoms with Crippen molar-refractivity contribution in [3.05, 3.63) is 40.0 Å². The Morgan fingerprint density at radius 2 is 2.13 bits per heavy atom. The molecular weight excluding hydrogens is 235 g/mol. The fourth-order valence-corrected chi connectivity index (χ4v) is 1.80. The number of nitrogens with zero attached hydrogens (tertiary/aromatic N) is 1. The van der Waals surface area contributed by atoms with E-state index in [1.54, 1.807) is 24.4 Å². The van der Waals surface area contributed by atoms with Crippen LogP contribution >= 0.6 is 23.2 Å². The number of hydrogen-bond acceptors (Lipinski definition) is 3. The second kappa shape index (κ2) is 4.23. The molecule has 0 bridgehead atoms. The molecule has 0 amide bonds. The van der Waals surface area contributed by atoms with Crippen LogP contribution in [0.2, 0.25) is 10.0 Å². The van der Waals surface area contributed by atoms with Gasteiger partial charge in [0, 0.05) is 22.7 Å². The van der Waals surface area contributed by atoms with E-state index in [1.807, 2.05) is 0 Å². The van der Waals surface area contributed by atoms with Crippen LogP contribution in [-0.2, 0) is 6.54 Å². The normalized spacial score (nSPS) is 10.6. The smallest absolute Gasteiger partial charge is 0.172 e. The van der Waals surface area contributed by atoms with Gasteiger partial charge in [-0.05, 0) is 18.2 Å². The van der Waals surface area contributed by atoms with Crippen molar-refractivity contribution in [1.29, 1.82) is 0 Å². The molecule has 1 aromatic heterocycles. The number of nitrogens with two attached hydrogens (primary N) is 1. The van der Waals surface area contributed by atoms with Crippen LogP contribution in [0.1, 0.15) is 5.56 Å². The second-order valence-electron chi connectivity index (χ2n) is 3.01. The molecule has 1 heterocycles. The molecule has 0 spiro atoms. The maximum Gasteiger partial charge on any atom is 0.172 e. The first-order chi connectivity index (χ1) is 7.22. The van der Waals surface area contributed by atoms with Crippen molar-refractivity contribution in [2.45, 2.75) is 6.54 Å². The summed E-state index contributed by atoms with van der Waals surface area (Å²) in [6.07, 6.45) is 1.58. The molecule has 2 aromatic rings. The summed E-state index contributed by atoms with van der Waals surface area (Å²) >= 11 is 11.8. The average Bonchev–Trinajstić information content (AvgIpc) is 2.65. The van der Waals surface area contributed by atoms with Gasteiger partial charge in [-0.1, -0.05) is 28.4 Å². The van der Waals surface area contributed by atoms with Crippen LogP contribution in [0, 0.1) is 0 Å². The van der Waals surface area contributed by atoms with Gasteiger partial charge in [0.05, 0.1) is 11.2 Å². The Balaban J connectivity index is 2.54. The molecule has 5 heteroatoms. The van der Waals surface area contributed by atoms with E-state index in [-0.39, 0.29) is 0 Å². The SMILES string of the molecule is NCc1cnoc1-c1ccc(Cl)cc1Cl. The van der Waals surface area contributed by atoms with Crippen molar-refractivity contribution < 1.29 is 4.52 Å². The molecule has 2 rings (SSSR count). The van der Waals surface area contributed by atoms with E-state index in [2.05, 4.69) is 5.16 Å². The largest absolute Gasteiger partial charge is 0.356 e. The molecule has 0 atom stereocenters. The molecule has 2 N–H and O–H groups in total. The highest BCUT2D eigenvalue weighted by Gasteiger charge is 2.12. The van der Waals surface area contributed by atoms with E-state index in [1.165, 1.54) is 0 Å². The van der Waals surface area contributed by atoms with E-state index >= 15 is 0 Å². The van der Waals surface area contributed by atoms with Crippen molar-refractivity contribution in [3.8, 4) is 11.3 Å². The Kier molecular flexibility index (Phi) is 2.95. The zero-order chi connectivity index (χ0) is 10.8. The molecule has 0 fully saturated rings. The predicted octanol–water partition coefficient (Wildman–Crippen LogP) is 3.11. The number of rotatable bonds is 2. The van der Waals surface area contributed by atoms with Crippen molar-refractivity contribution in [2.75, 3.05) is 0 Å². The zero-order valence-electron chi connectivity index (χ0n) is 7.71. The van der Waals surface area contributed by atoms with Crippen molar-refractivity contribution in [3.63, 3.8) is 0 Å². The second-order valence-corrected chi connectivity index (χ2v) is 3.85. The lowest BCUT2D eigenvalue weighted by molar-refractivity contribution is 0.431. The maximum absolute atomic E-state index is 6.04. The monoisotopic (exact) mass is 242 g/mol. The first kappa shape index (κ1) is 10.5. The molecular formula is C10H8Cl2N2O. The van der Waals surface area contributed by atoms with Gasteiger partial charge in [-0.25, -0.2) is 0 Å². The van der Waals surface area contributed by atoms with Gasteiger partial charge < -0.3 is 10.3 Å². The topological polar surface area (TPSA) is 52.0 Å². The molecule has 0 radical (unpaired) electrons. The molecule has 0 saturated carbocycles. The predicted molar refractivity (Wildman–Crippen MR) is 59.9 cm³/mol. The Hall–Kier alpha value is -1.03. The van der Waals surface area contributed by atoms with Gasteiger partial charge in [0.1, 0.15) is 0 Å². The summed E-state index contributed by atoms with van der Waals surface area (Å²) in [6, 6.07) is 5.18. The Morgan fingerprint density at radius 3 is 2.80 bits per heavy atom. The van der Waals surface area contributed by atoms with Crippen LogP contribution in [-0.4, -0.2) is 5.16 Å². The lowest BCUT2D eigenvalue weighted by Gasteiger charge is -2.02. The van der Waals surface area contributed by atoms with E-state index in [4.69, 9.17) is 33.5 Å². The molecule has 0 aliphatic carbocycles. The van der Waals surface area contributed by atoms with Gasteiger partial charge in [0.2, 0.25) is 0 Å². The maximum atomic E-state index is 6.04. The molecule has 3 nitrogen and oxygen atoms in total. The Labute approximate surface area is 96.8 Å². The first-order valence-electron chi connectivity index (χ1n) is 4.31. The number of benzene rings is 1. The minimum absolute atomic E-state index is 0.359. The summed E-state index contributed by atoms with van der Waals surface area (Å²) in [5.74, 6) is 0.596. The number of halogens is 2. The van der Waals surface area contributed by atoms with Gasteiger partial charge in [-0.3, -0.25) is 0 Å². The number of aromatic nitrogens is 1. The summed E-state index contributed by atoms with van der Waals surface area (Å²) in [6.45, 7) is 0.359. The standard InChI is InChI=1S/C10H8Cl2N2O/c11-7-1-2-8(9(12)3-7)10-6(4-13)5-14-15-10/h1-3,5H,4,13H2. The summed E-state index contributed by atoms with van der Waals surface area (Å²) in [5, 5.41) is 4.79. The van der Waals surface area contributed by atoms with Gasteiger partial charge >= 0.3 is 0 Å². The van der Waals surface area contributed by atoms with E-state index in [9.17, 15) is 0 Å². The third-order valence-corrected chi connectivity index (χ3v) is 2.59. The van der Waals surface area contributed by atoms with Crippen molar-refractivity contribution in [2.24, 2.45) is 5.73 Å². The summed E-state index contributed by atoms with van der Waals surface area (Å²) < 4.78 is 5.10. The van der Waals surface area contributed by atoms with Crippen LogP contribution in [0.4, 0.5) is 0 Å². The average molecular weight is 243 g/mol. The highest BCUT2D eigenvalue weighted by Crippen LogP contribution is 2.32. The van der Waals surface area contributed by atoms with E-state index in [0.29, 0.717) is 22.4 Å². The Bertz CT molecular complexity index is 482. The summed E-state index contributed by atoms with van der Waals surface area (Å²) in [7, 11) is 0. The first-order valence-corrected chi connectivity index (χ1v) is 5.07. The highest BCUT2D eigenvalue weighted by atomic mass is 35.5. The van der Waals surface area contributed by atoms with Crippen LogP contribution in [0.15, 0.2) is 28.9 Å². The van der Waals surface area contributed by atoms with Crippen LogP contribution in [0.3, 0.4) is 0 Å². The zero-order valence-corrected chi connectivity index (χ0v) is 9.22. The Morgan fingerprint density at radius 1 is 1.33 bits per heavy atom. The summed E-state index contributed by atoms with van der Waals surface area (Å²) in [4.78, 5) is 0. The van der Waals surface area contributed by atoms with Gasteiger partial charge in [0.15, 0.2) is 5.76 Å². The molecule has 1 aromatic carbocycles. The number of hydrogen-bond donors (Lipinski definition) is 1. The van der Waals surface area contributed by atoms with Gasteiger partial charge in [-0.2, -0.15) is 0 Å². The minimum Gasteiger partial charge on any atom is -0.356 e. The van der Waals surface area contributed by atoms with E-state index in [0.717, 1.165) is 11.1 Å². The van der Waals surface area contributed by atoms with Crippen molar-refractivity contribution >= 4 is 23.2 Å². The third kappa shape index (κ3) is 2.00. The van der Waals surface area contributed by atoms with Crippen LogP contribution < -0.4 is 5.73 Å². The fourth-order valence-electron chi connectivity index (χ4n) is 1.30. The third-order valence-electron chi connectivity index (χ3n) is 2.04. The minimum atomic E-state index is 0.359. The van der Waals surface area contributed by atoms with Crippen molar-refractivity contribution in [1.82, 2.24) is 5.16 Å². The molecule has 0 aliphatic heterocycles. The van der Waals surface area contributed by atoms with Crippen LogP contribution in [0.5, 0.6) is 0 Å². The quantitative estimate of drug-likeness (QED) is 0.881. The summed E-state index contributed by atoms with van der Waals surface area (Å²) in [5.41, 5.74) is 7.11. The molecule has 0 saturated heterocycles. The van der Waals surface area contributed by atoms with Crippen LogP contribution in [0.25, 0.3) is 11.3 Å². The van der Waals surface area contributed by atoms with Gasteiger partial charge in [0.25, 0.3) is 0 Å². The molecule has 0 unspecified atom stereocenters.